The lowest BCUT2D eigenvalue weighted by molar-refractivity contribution is -0.116. The number of rotatable bonds is 14. The Hall–Kier alpha value is -10.3. The van der Waals surface area contributed by atoms with Gasteiger partial charge in [0.05, 0.1) is 58.9 Å². The number of hydrogen-bond acceptors (Lipinski definition) is 15. The summed E-state index contributed by atoms with van der Waals surface area (Å²) in [5, 5.41) is 19.9. The summed E-state index contributed by atoms with van der Waals surface area (Å²) < 4.78 is 5.32. The van der Waals surface area contributed by atoms with Crippen LogP contribution in [0.4, 0.5) is 23.0 Å². The molecule has 2 amide bonds. The third kappa shape index (κ3) is 13.3. The van der Waals surface area contributed by atoms with Crippen LogP contribution in [0.15, 0.2) is 199 Å². The Morgan fingerprint density at radius 1 is 0.494 bits per heavy atom. The highest BCUT2D eigenvalue weighted by molar-refractivity contribution is 5.95. The molecule has 2 N–H and O–H groups in total. The average molecular weight is 1100 g/mol. The highest BCUT2D eigenvalue weighted by Crippen LogP contribution is 2.29. The first kappa shape index (κ1) is 53.4. The van der Waals surface area contributed by atoms with Crippen molar-refractivity contribution in [2.24, 2.45) is 0 Å². The summed E-state index contributed by atoms with van der Waals surface area (Å²) in [6, 6.07) is 52.8. The highest BCUT2D eigenvalue weighted by atomic mass is 16.5. The van der Waals surface area contributed by atoms with Crippen LogP contribution in [0.25, 0.3) is 55.3 Å². The molecule has 0 radical (unpaired) electrons. The molecule has 2 saturated heterocycles. The minimum absolute atomic E-state index is 0.126. The Morgan fingerprint density at radius 2 is 1.00 bits per heavy atom. The molecule has 410 valence electrons. The van der Waals surface area contributed by atoms with Gasteiger partial charge in [-0.15, -0.1) is 0 Å². The predicted molar refractivity (Wildman–Crippen MR) is 323 cm³/mol. The number of pyridine rings is 2. The van der Waals surface area contributed by atoms with Crippen LogP contribution in [0.3, 0.4) is 0 Å². The van der Waals surface area contributed by atoms with Gasteiger partial charge in [-0.3, -0.25) is 39.3 Å². The molecular weight excluding hydrogens is 1040 g/mol. The summed E-state index contributed by atoms with van der Waals surface area (Å²) in [6.07, 6.45) is 11.6. The molecule has 0 spiro atoms. The van der Waals surface area contributed by atoms with Crippen molar-refractivity contribution >= 4 is 67.9 Å². The Morgan fingerprint density at radius 3 is 1.52 bits per heavy atom. The van der Waals surface area contributed by atoms with Gasteiger partial charge in [0.2, 0.25) is 11.8 Å². The van der Waals surface area contributed by atoms with Crippen LogP contribution in [0.1, 0.15) is 27.9 Å². The Labute approximate surface area is 479 Å². The van der Waals surface area contributed by atoms with Crippen molar-refractivity contribution in [3.63, 3.8) is 0 Å². The van der Waals surface area contributed by atoms with Crippen molar-refractivity contribution in [1.82, 2.24) is 44.9 Å². The number of nitrogens with zero attached hydrogens (tertiary/aromatic N) is 12. The lowest BCUT2D eigenvalue weighted by Crippen LogP contribution is -2.46. The molecule has 83 heavy (non-hydrogen) atoms. The molecule has 5 aromatic heterocycles. The minimum atomic E-state index is -0.145. The number of hydrogen-bond donors (Lipinski definition) is 2. The van der Waals surface area contributed by atoms with E-state index in [1.807, 2.05) is 146 Å². The number of carbonyl (C=O) groups excluding carboxylic acids is 2. The van der Waals surface area contributed by atoms with E-state index in [1.54, 1.807) is 18.2 Å². The lowest BCUT2D eigenvalue weighted by Gasteiger charge is -2.35. The Kier molecular flexibility index (Phi) is 16.1. The van der Waals surface area contributed by atoms with E-state index >= 15 is 0 Å². The fraction of sp³-hybridized carbons (Fsp3) is 0.182. The van der Waals surface area contributed by atoms with Crippen LogP contribution in [-0.4, -0.2) is 109 Å². The molecule has 2 aliphatic rings. The number of fused-ring (bicyclic) bond motifs is 3. The maximum absolute atomic E-state index is 12.7. The van der Waals surface area contributed by atoms with Crippen LogP contribution >= 0.6 is 0 Å². The largest absolute Gasteiger partial charge is 0.356 e. The first-order valence-corrected chi connectivity index (χ1v) is 27.7. The van der Waals surface area contributed by atoms with Gasteiger partial charge >= 0.3 is 0 Å². The minimum Gasteiger partial charge on any atom is -0.356 e. The molecular formula is C66H58N14O3. The van der Waals surface area contributed by atoms with E-state index in [0.717, 1.165) is 144 Å². The van der Waals surface area contributed by atoms with E-state index in [2.05, 4.69) is 91.7 Å². The number of benzene rings is 6. The maximum Gasteiger partial charge on any atom is 0.230 e. The van der Waals surface area contributed by atoms with Crippen molar-refractivity contribution in [2.75, 3.05) is 72.8 Å². The molecule has 13 rings (SSSR count). The first-order valence-electron chi connectivity index (χ1n) is 27.7. The van der Waals surface area contributed by atoms with Gasteiger partial charge in [0, 0.05) is 107 Å². The molecule has 2 aliphatic heterocycles. The quantitative estimate of drug-likeness (QED) is 0.104. The molecule has 17 heteroatoms. The third-order valence-electron chi connectivity index (χ3n) is 14.9. The number of nitrogens with one attached hydrogen (secondary N) is 2. The molecule has 11 aromatic rings. The van der Waals surface area contributed by atoms with Gasteiger partial charge < -0.3 is 25.0 Å². The molecule has 6 aromatic carbocycles. The number of piperazine rings is 2. The molecule has 0 saturated carbocycles. The van der Waals surface area contributed by atoms with Crippen LogP contribution in [0.2, 0.25) is 0 Å². The number of nitriles is 1. The number of carbonyl (C=O) groups is 2. The number of aromatic nitrogens is 7. The predicted octanol–water partition coefficient (Wildman–Crippen LogP) is 10.4. The van der Waals surface area contributed by atoms with Crippen molar-refractivity contribution < 1.29 is 14.1 Å². The van der Waals surface area contributed by atoms with Gasteiger partial charge in [-0.1, -0.05) is 78.0 Å². The zero-order valence-corrected chi connectivity index (χ0v) is 45.6. The zero-order valence-electron chi connectivity index (χ0n) is 45.6. The molecule has 0 aliphatic carbocycles. The Bertz CT molecular complexity index is 4080. The second kappa shape index (κ2) is 25.0. The molecule has 0 bridgehead atoms. The summed E-state index contributed by atoms with van der Waals surface area (Å²) >= 11 is 0. The fourth-order valence-corrected chi connectivity index (χ4v) is 10.5. The summed E-state index contributed by atoms with van der Waals surface area (Å²) in [4.78, 5) is 62.4. The summed E-state index contributed by atoms with van der Waals surface area (Å²) in [6.45, 7) is 9.28. The molecule has 17 nitrogen and oxygen atoms in total. The summed E-state index contributed by atoms with van der Waals surface area (Å²) in [7, 11) is 0. The first-order chi connectivity index (χ1) is 40.8. The smallest absolute Gasteiger partial charge is 0.230 e. The van der Waals surface area contributed by atoms with Gasteiger partial charge in [0.25, 0.3) is 0 Å². The van der Waals surface area contributed by atoms with E-state index in [0.29, 0.717) is 16.8 Å². The van der Waals surface area contributed by atoms with Crippen LogP contribution in [0.5, 0.6) is 0 Å². The Balaban J connectivity index is 0.000000164. The standard InChI is InChI=1S/C33H29N7O2.C33H29N7O/c41-33(19-29-27-5-1-2-6-31(27)42-38-29)36-26-10-7-24(8-11-26)25-9-12-28-30(18-25)37-32(21-35-28)40-16-14-39(15-17-40)22-23-4-3-13-34-20-23;34-20-25-4-1-3-24(17-25)18-33(41)37-29-9-6-27(7-10-29)28-8-11-30-31(19-28)38-32(22-36-30)40-15-13-39(14-16-40)23-26-5-2-12-35-21-26/h1-13,18,20-21H,14-17,19,22H2,(H,36,41);1-12,17,19,21-22H,13-16,18,23H2,(H,37,41). The van der Waals surface area contributed by atoms with Crippen molar-refractivity contribution in [3.8, 4) is 28.3 Å². The van der Waals surface area contributed by atoms with Gasteiger partial charge in [-0.25, -0.2) is 9.97 Å². The lowest BCUT2D eigenvalue weighted by atomic mass is 10.0. The summed E-state index contributed by atoms with van der Waals surface area (Å²) in [5.74, 6) is 1.53. The van der Waals surface area contributed by atoms with E-state index in [4.69, 9.17) is 19.8 Å². The second-order valence-corrected chi connectivity index (χ2v) is 20.7. The van der Waals surface area contributed by atoms with E-state index in [-0.39, 0.29) is 24.7 Å². The average Bonchev–Trinajstić information content (AvgIpc) is 4.13. The normalized spacial score (nSPS) is 13.8. The van der Waals surface area contributed by atoms with Gasteiger partial charge in [0.15, 0.2) is 5.58 Å². The SMILES string of the molecule is N#Cc1cccc(CC(=O)Nc2ccc(-c3ccc4ncc(N5CCN(Cc6cccnc6)CC5)nc4c3)cc2)c1.O=C(Cc1noc2ccccc12)Nc1ccc(-c2ccc3ncc(N4CCN(Cc5cccnc5)CC4)nc3c2)cc1. The van der Waals surface area contributed by atoms with Crippen LogP contribution < -0.4 is 20.4 Å². The fourth-order valence-electron chi connectivity index (χ4n) is 10.5. The maximum atomic E-state index is 12.7. The van der Waals surface area contributed by atoms with Crippen molar-refractivity contribution in [2.45, 2.75) is 25.9 Å². The van der Waals surface area contributed by atoms with Crippen LogP contribution in [0, 0.1) is 11.3 Å². The van der Waals surface area contributed by atoms with E-state index < -0.39 is 0 Å². The van der Waals surface area contributed by atoms with E-state index in [1.165, 1.54) is 11.1 Å². The van der Waals surface area contributed by atoms with Crippen LogP contribution in [-0.2, 0) is 35.5 Å². The number of anilines is 4. The monoisotopic (exact) mass is 1090 g/mol. The topological polar surface area (TPSA) is 198 Å². The molecule has 0 unspecified atom stereocenters. The number of para-hydroxylation sites is 1. The van der Waals surface area contributed by atoms with Crippen molar-refractivity contribution in [1.29, 1.82) is 5.26 Å². The summed E-state index contributed by atoms with van der Waals surface area (Å²) in [5.41, 5.74) is 14.2. The van der Waals surface area contributed by atoms with Gasteiger partial charge in [0.1, 0.15) is 17.3 Å². The molecule has 0 atom stereocenters. The van der Waals surface area contributed by atoms with E-state index in [9.17, 15) is 9.59 Å². The van der Waals surface area contributed by atoms with Gasteiger partial charge in [-0.2, -0.15) is 5.26 Å². The van der Waals surface area contributed by atoms with Crippen molar-refractivity contribution in [3.05, 3.63) is 223 Å². The number of amides is 2. The van der Waals surface area contributed by atoms with Gasteiger partial charge in [-0.05, 0) is 124 Å². The zero-order chi connectivity index (χ0) is 56.3. The molecule has 2 fully saturated rings. The highest BCUT2D eigenvalue weighted by Gasteiger charge is 2.21. The molecule has 7 heterocycles. The third-order valence-corrected chi connectivity index (χ3v) is 14.9. The second-order valence-electron chi connectivity index (χ2n) is 20.7.